The normalized spacial score (nSPS) is 12.6. The van der Waals surface area contributed by atoms with Crippen LogP contribution in [0.1, 0.15) is 35.9 Å². The zero-order chi connectivity index (χ0) is 14.0. The summed E-state index contributed by atoms with van der Waals surface area (Å²) in [6.45, 7) is 3.58. The Hall–Kier alpha value is -1.95. The number of rotatable bonds is 4. The molecule has 0 aliphatic heterocycles. The Morgan fingerprint density at radius 2 is 2.32 bits per heavy atom. The molecule has 2 heterocycles. The predicted octanol–water partition coefficient (Wildman–Crippen LogP) is 2.36. The Labute approximate surface area is 109 Å². The smallest absolute Gasteiger partial charge is 0.343 e. The summed E-state index contributed by atoms with van der Waals surface area (Å²) in [6.07, 6.45) is 1.16. The van der Waals surface area contributed by atoms with Crippen molar-refractivity contribution in [2.75, 3.05) is 13.7 Å². The van der Waals surface area contributed by atoms with Gasteiger partial charge in [0.2, 0.25) is 5.95 Å². The van der Waals surface area contributed by atoms with E-state index in [-0.39, 0.29) is 12.2 Å². The molecule has 2 rings (SSSR count). The van der Waals surface area contributed by atoms with Gasteiger partial charge in [-0.15, -0.1) is 5.10 Å². The molecule has 0 radical (unpaired) electrons. The third kappa shape index (κ3) is 2.31. The second-order valence-corrected chi connectivity index (χ2v) is 4.02. The average molecular weight is 266 g/mol. The van der Waals surface area contributed by atoms with Gasteiger partial charge in [0.1, 0.15) is 5.56 Å². The lowest BCUT2D eigenvalue weighted by Gasteiger charge is -2.16. The van der Waals surface area contributed by atoms with Crippen molar-refractivity contribution in [1.82, 2.24) is 9.61 Å². The molecule has 2 aromatic heterocycles. The van der Waals surface area contributed by atoms with Gasteiger partial charge in [-0.1, -0.05) is 0 Å². The monoisotopic (exact) mass is 266 g/mol. The van der Waals surface area contributed by atoms with Gasteiger partial charge >= 0.3 is 5.97 Å². The van der Waals surface area contributed by atoms with Crippen molar-refractivity contribution in [2.45, 2.75) is 20.0 Å². The number of carbonyl (C=O) groups is 1. The number of halogens is 1. The molecule has 19 heavy (non-hydrogen) atoms. The van der Waals surface area contributed by atoms with E-state index in [1.165, 1.54) is 11.6 Å². The number of esters is 1. The molecular formula is C13H15FN2O3. The molecule has 0 fully saturated rings. The third-order valence-corrected chi connectivity index (χ3v) is 2.91. The highest BCUT2D eigenvalue weighted by molar-refractivity contribution is 5.93. The van der Waals surface area contributed by atoms with Gasteiger partial charge in [-0.3, -0.25) is 0 Å². The number of hydrogen-bond acceptors (Lipinski definition) is 4. The van der Waals surface area contributed by atoms with Gasteiger partial charge in [0.25, 0.3) is 0 Å². The minimum absolute atomic E-state index is 0.164. The van der Waals surface area contributed by atoms with Crippen molar-refractivity contribution in [3.05, 3.63) is 35.4 Å². The van der Waals surface area contributed by atoms with Crippen molar-refractivity contribution in [2.24, 2.45) is 0 Å². The molecule has 2 aromatic rings. The van der Waals surface area contributed by atoms with Gasteiger partial charge in [-0.25, -0.2) is 9.31 Å². The molecule has 0 aliphatic rings. The van der Waals surface area contributed by atoms with Crippen molar-refractivity contribution < 1.29 is 18.7 Å². The van der Waals surface area contributed by atoms with Crippen LogP contribution >= 0.6 is 0 Å². The van der Waals surface area contributed by atoms with E-state index in [0.29, 0.717) is 11.1 Å². The summed E-state index contributed by atoms with van der Waals surface area (Å²) < 4.78 is 25.5. The number of carbonyl (C=O) groups excluding carboxylic acids is 1. The second kappa shape index (κ2) is 5.36. The van der Waals surface area contributed by atoms with Gasteiger partial charge in [0.15, 0.2) is 0 Å². The van der Waals surface area contributed by atoms with Gasteiger partial charge in [-0.2, -0.15) is 4.39 Å². The number of fused-ring (bicyclic) bond motifs is 1. The lowest BCUT2D eigenvalue weighted by molar-refractivity contribution is 0.0507. The van der Waals surface area contributed by atoms with Crippen molar-refractivity contribution in [3.63, 3.8) is 0 Å². The van der Waals surface area contributed by atoms with Crippen LogP contribution < -0.4 is 0 Å². The van der Waals surface area contributed by atoms with Crippen molar-refractivity contribution in [1.29, 1.82) is 0 Å². The fourth-order valence-corrected chi connectivity index (χ4v) is 1.98. The quantitative estimate of drug-likeness (QED) is 0.797. The maximum atomic E-state index is 14.0. The first-order valence-electron chi connectivity index (χ1n) is 5.96. The van der Waals surface area contributed by atoms with Gasteiger partial charge in [0, 0.05) is 18.9 Å². The number of methoxy groups -OCH3 is 1. The standard InChI is InChI=1S/C13H15FN2O3/c1-4-19-13(17)11-10(8(2)18-3)9-6-5-7-16(9)15-12(11)14/h5-8H,4H2,1-3H3. The zero-order valence-electron chi connectivity index (χ0n) is 11.0. The van der Waals surface area contributed by atoms with E-state index >= 15 is 0 Å². The Balaban J connectivity index is 2.72. The molecule has 0 spiro atoms. The van der Waals surface area contributed by atoms with Crippen LogP contribution in [-0.4, -0.2) is 29.3 Å². The number of ether oxygens (including phenoxy) is 2. The average Bonchev–Trinajstić information content (AvgIpc) is 2.83. The minimum Gasteiger partial charge on any atom is -0.462 e. The molecule has 0 aromatic carbocycles. The van der Waals surface area contributed by atoms with E-state index in [0.717, 1.165) is 0 Å². The van der Waals surface area contributed by atoms with E-state index in [1.54, 1.807) is 32.2 Å². The summed E-state index contributed by atoms with van der Waals surface area (Å²) in [7, 11) is 1.50. The topological polar surface area (TPSA) is 52.8 Å². The highest BCUT2D eigenvalue weighted by Crippen LogP contribution is 2.27. The molecule has 5 nitrogen and oxygen atoms in total. The van der Waals surface area contributed by atoms with Crippen molar-refractivity contribution in [3.8, 4) is 0 Å². The van der Waals surface area contributed by atoms with Crippen LogP contribution in [0.5, 0.6) is 0 Å². The molecule has 6 heteroatoms. The zero-order valence-corrected chi connectivity index (χ0v) is 11.0. The SMILES string of the molecule is CCOC(=O)c1c(F)nn2cccc2c1C(C)OC. The summed E-state index contributed by atoms with van der Waals surface area (Å²) in [5.41, 5.74) is 0.902. The van der Waals surface area contributed by atoms with E-state index < -0.39 is 18.0 Å². The van der Waals surface area contributed by atoms with Crippen LogP contribution in [0.15, 0.2) is 18.3 Å². The molecule has 0 amide bonds. The molecular weight excluding hydrogens is 251 g/mol. The molecule has 102 valence electrons. The summed E-state index contributed by atoms with van der Waals surface area (Å²) in [6, 6.07) is 3.47. The Kier molecular flexibility index (Phi) is 3.80. The number of hydrogen-bond donors (Lipinski definition) is 0. The van der Waals surface area contributed by atoms with Crippen LogP contribution in [0.2, 0.25) is 0 Å². The fourth-order valence-electron chi connectivity index (χ4n) is 1.98. The summed E-state index contributed by atoms with van der Waals surface area (Å²) in [5, 5.41) is 3.71. The van der Waals surface area contributed by atoms with Crippen molar-refractivity contribution >= 4 is 11.5 Å². The third-order valence-electron chi connectivity index (χ3n) is 2.91. The summed E-state index contributed by atoms with van der Waals surface area (Å²) in [5.74, 6) is -1.59. The largest absolute Gasteiger partial charge is 0.462 e. The Bertz CT molecular complexity index is 609. The lowest BCUT2D eigenvalue weighted by atomic mass is 10.0. The molecule has 0 aliphatic carbocycles. The Morgan fingerprint density at radius 3 is 2.95 bits per heavy atom. The first-order valence-corrected chi connectivity index (χ1v) is 5.96. The maximum Gasteiger partial charge on any atom is 0.343 e. The highest BCUT2D eigenvalue weighted by atomic mass is 19.1. The van der Waals surface area contributed by atoms with Gasteiger partial charge in [-0.05, 0) is 26.0 Å². The molecule has 0 bridgehead atoms. The molecule has 0 saturated carbocycles. The highest BCUT2D eigenvalue weighted by Gasteiger charge is 2.26. The van der Waals surface area contributed by atoms with E-state index in [1.807, 2.05) is 0 Å². The van der Waals surface area contributed by atoms with Crippen LogP contribution in [0.4, 0.5) is 4.39 Å². The van der Waals surface area contributed by atoms with E-state index in [2.05, 4.69) is 5.10 Å². The molecule has 1 atom stereocenters. The van der Waals surface area contributed by atoms with Gasteiger partial charge < -0.3 is 9.47 Å². The Morgan fingerprint density at radius 1 is 1.58 bits per heavy atom. The van der Waals surface area contributed by atoms with E-state index in [4.69, 9.17) is 9.47 Å². The second-order valence-electron chi connectivity index (χ2n) is 4.02. The predicted molar refractivity (Wildman–Crippen MR) is 66.5 cm³/mol. The summed E-state index contributed by atoms with van der Waals surface area (Å²) >= 11 is 0. The first-order chi connectivity index (χ1) is 9.10. The van der Waals surface area contributed by atoms with Gasteiger partial charge in [0.05, 0.1) is 18.2 Å². The number of nitrogens with zero attached hydrogens (tertiary/aromatic N) is 2. The molecule has 1 unspecified atom stereocenters. The first kappa shape index (κ1) is 13.5. The molecule has 0 N–H and O–H groups in total. The minimum atomic E-state index is -0.860. The summed E-state index contributed by atoms with van der Waals surface area (Å²) in [4.78, 5) is 11.9. The van der Waals surface area contributed by atoms with Crippen LogP contribution in [-0.2, 0) is 9.47 Å². The maximum absolute atomic E-state index is 14.0. The van der Waals surface area contributed by atoms with Crippen LogP contribution in [0.25, 0.3) is 5.52 Å². The lowest BCUT2D eigenvalue weighted by Crippen LogP contribution is -2.17. The van der Waals surface area contributed by atoms with E-state index in [9.17, 15) is 9.18 Å². The molecule has 0 saturated heterocycles. The van der Waals surface area contributed by atoms with Crippen LogP contribution in [0.3, 0.4) is 0 Å². The fraction of sp³-hybridized carbons (Fsp3) is 0.385. The number of aromatic nitrogens is 2. The van der Waals surface area contributed by atoms with Crippen LogP contribution in [0, 0.1) is 5.95 Å².